The van der Waals surface area contributed by atoms with Gasteiger partial charge in [0.05, 0.1) is 18.4 Å². The maximum atomic E-state index is 5.60. The Bertz CT molecular complexity index is 432. The van der Waals surface area contributed by atoms with Crippen molar-refractivity contribution >= 4 is 21.6 Å². The molecule has 1 aliphatic carbocycles. The lowest BCUT2D eigenvalue weighted by Gasteiger charge is -2.22. The molecule has 2 rings (SSSR count). The van der Waals surface area contributed by atoms with Crippen molar-refractivity contribution in [3.63, 3.8) is 0 Å². The van der Waals surface area contributed by atoms with Gasteiger partial charge in [0.15, 0.2) is 0 Å². The van der Waals surface area contributed by atoms with Gasteiger partial charge in [0, 0.05) is 30.7 Å². The first kappa shape index (κ1) is 15.8. The van der Waals surface area contributed by atoms with Crippen LogP contribution in [0.3, 0.4) is 0 Å². The molecule has 0 bridgehead atoms. The van der Waals surface area contributed by atoms with Crippen molar-refractivity contribution < 1.29 is 4.74 Å². The van der Waals surface area contributed by atoms with Crippen LogP contribution in [0.4, 0.5) is 5.69 Å². The third kappa shape index (κ3) is 5.08. The SMILES string of the molecule is CC(C)OCCN(C)c1ccc(CNC2CC2)cc1Br. The predicted molar refractivity (Wildman–Crippen MR) is 88.4 cm³/mol. The van der Waals surface area contributed by atoms with Gasteiger partial charge in [-0.2, -0.15) is 0 Å². The minimum absolute atomic E-state index is 0.294. The molecule has 0 heterocycles. The van der Waals surface area contributed by atoms with Gasteiger partial charge in [-0.15, -0.1) is 0 Å². The molecule has 0 unspecified atom stereocenters. The third-order valence-corrected chi connectivity index (χ3v) is 4.11. The molecule has 1 aromatic rings. The van der Waals surface area contributed by atoms with Gasteiger partial charge >= 0.3 is 0 Å². The number of nitrogens with zero attached hydrogens (tertiary/aromatic N) is 1. The van der Waals surface area contributed by atoms with Crippen LogP contribution in [0.5, 0.6) is 0 Å². The number of halogens is 1. The van der Waals surface area contributed by atoms with E-state index < -0.39 is 0 Å². The van der Waals surface area contributed by atoms with Gasteiger partial charge < -0.3 is 15.0 Å². The minimum Gasteiger partial charge on any atom is -0.377 e. The number of likely N-dealkylation sites (N-methyl/N-ethyl adjacent to an activating group) is 1. The Morgan fingerprint density at radius 2 is 2.15 bits per heavy atom. The zero-order chi connectivity index (χ0) is 14.5. The highest BCUT2D eigenvalue weighted by molar-refractivity contribution is 9.10. The molecule has 1 fully saturated rings. The van der Waals surface area contributed by atoms with E-state index in [9.17, 15) is 0 Å². The zero-order valence-electron chi connectivity index (χ0n) is 12.7. The topological polar surface area (TPSA) is 24.5 Å². The summed E-state index contributed by atoms with van der Waals surface area (Å²) in [4.78, 5) is 2.23. The number of hydrogen-bond donors (Lipinski definition) is 1. The third-order valence-electron chi connectivity index (χ3n) is 3.47. The average molecular weight is 341 g/mol. The Kier molecular flexibility index (Phi) is 5.87. The van der Waals surface area contributed by atoms with Crippen LogP contribution in [-0.4, -0.2) is 32.3 Å². The lowest BCUT2D eigenvalue weighted by atomic mass is 10.2. The summed E-state index contributed by atoms with van der Waals surface area (Å²) in [6.45, 7) is 6.75. The molecule has 0 aromatic heterocycles. The molecule has 1 aliphatic rings. The Morgan fingerprint density at radius 1 is 1.40 bits per heavy atom. The fourth-order valence-electron chi connectivity index (χ4n) is 2.07. The van der Waals surface area contributed by atoms with Gasteiger partial charge in [-0.1, -0.05) is 6.07 Å². The molecule has 112 valence electrons. The summed E-state index contributed by atoms with van der Waals surface area (Å²) in [5.74, 6) is 0. The molecule has 1 aromatic carbocycles. The average Bonchev–Trinajstić information content (AvgIpc) is 3.19. The second-order valence-electron chi connectivity index (χ2n) is 5.78. The second-order valence-corrected chi connectivity index (χ2v) is 6.64. The van der Waals surface area contributed by atoms with Crippen molar-refractivity contribution in [1.82, 2.24) is 5.32 Å². The molecule has 0 saturated heterocycles. The Hall–Kier alpha value is -0.580. The number of anilines is 1. The largest absolute Gasteiger partial charge is 0.377 e. The fraction of sp³-hybridized carbons (Fsp3) is 0.625. The summed E-state index contributed by atoms with van der Waals surface area (Å²) in [5, 5.41) is 3.54. The predicted octanol–water partition coefficient (Wildman–Crippen LogP) is 3.56. The molecule has 0 spiro atoms. The van der Waals surface area contributed by atoms with E-state index in [4.69, 9.17) is 4.74 Å². The molecular formula is C16H25BrN2O. The Morgan fingerprint density at radius 3 is 2.75 bits per heavy atom. The highest BCUT2D eigenvalue weighted by Crippen LogP contribution is 2.27. The first-order valence-electron chi connectivity index (χ1n) is 7.41. The lowest BCUT2D eigenvalue weighted by molar-refractivity contribution is 0.0846. The summed E-state index contributed by atoms with van der Waals surface area (Å²) < 4.78 is 6.75. The van der Waals surface area contributed by atoms with E-state index in [1.165, 1.54) is 24.1 Å². The van der Waals surface area contributed by atoms with Crippen LogP contribution < -0.4 is 10.2 Å². The molecule has 0 aliphatic heterocycles. The van der Waals surface area contributed by atoms with E-state index in [2.05, 4.69) is 65.2 Å². The van der Waals surface area contributed by atoms with Gasteiger partial charge in [0.1, 0.15) is 0 Å². The van der Waals surface area contributed by atoms with E-state index >= 15 is 0 Å². The summed E-state index contributed by atoms with van der Waals surface area (Å²) in [6.07, 6.45) is 2.96. The summed E-state index contributed by atoms with van der Waals surface area (Å²) >= 11 is 3.68. The van der Waals surface area contributed by atoms with Crippen LogP contribution in [0.2, 0.25) is 0 Å². The van der Waals surface area contributed by atoms with Gasteiger partial charge in [0.2, 0.25) is 0 Å². The van der Waals surface area contributed by atoms with Crippen molar-refractivity contribution in [2.24, 2.45) is 0 Å². The molecule has 1 saturated carbocycles. The monoisotopic (exact) mass is 340 g/mol. The Balaban J connectivity index is 1.86. The van der Waals surface area contributed by atoms with Crippen LogP contribution in [0.15, 0.2) is 22.7 Å². The molecular weight excluding hydrogens is 316 g/mol. The molecule has 0 amide bonds. The van der Waals surface area contributed by atoms with Crippen molar-refractivity contribution in [1.29, 1.82) is 0 Å². The molecule has 1 N–H and O–H groups in total. The number of benzene rings is 1. The minimum atomic E-state index is 0.294. The van der Waals surface area contributed by atoms with Crippen LogP contribution in [0, 0.1) is 0 Å². The standard InChI is InChI=1S/C16H25BrN2O/c1-12(2)20-9-8-19(3)16-7-4-13(10-15(16)17)11-18-14-5-6-14/h4,7,10,12,14,18H,5-6,8-9,11H2,1-3H3. The summed E-state index contributed by atoms with van der Waals surface area (Å²) in [5.41, 5.74) is 2.55. The quantitative estimate of drug-likeness (QED) is 0.782. The smallest absolute Gasteiger partial charge is 0.0644 e. The van der Waals surface area contributed by atoms with E-state index in [0.29, 0.717) is 6.10 Å². The van der Waals surface area contributed by atoms with E-state index in [1.54, 1.807) is 0 Å². The number of ether oxygens (including phenoxy) is 1. The normalized spacial score (nSPS) is 14.8. The van der Waals surface area contributed by atoms with Gasteiger partial charge in [-0.05, 0) is 60.3 Å². The maximum Gasteiger partial charge on any atom is 0.0644 e. The zero-order valence-corrected chi connectivity index (χ0v) is 14.2. The van der Waals surface area contributed by atoms with Gasteiger partial charge in [-0.3, -0.25) is 0 Å². The van der Waals surface area contributed by atoms with Crippen LogP contribution in [0.25, 0.3) is 0 Å². The summed E-state index contributed by atoms with van der Waals surface area (Å²) in [7, 11) is 2.10. The highest BCUT2D eigenvalue weighted by atomic mass is 79.9. The van der Waals surface area contributed by atoms with E-state index in [0.717, 1.165) is 30.2 Å². The number of rotatable bonds is 8. The van der Waals surface area contributed by atoms with Gasteiger partial charge in [0.25, 0.3) is 0 Å². The van der Waals surface area contributed by atoms with Crippen molar-refractivity contribution in [2.45, 2.75) is 45.4 Å². The van der Waals surface area contributed by atoms with Crippen LogP contribution in [0.1, 0.15) is 32.3 Å². The van der Waals surface area contributed by atoms with Crippen molar-refractivity contribution in [3.05, 3.63) is 28.2 Å². The molecule has 0 radical (unpaired) electrons. The molecule has 0 atom stereocenters. The Labute approximate surface area is 130 Å². The highest BCUT2D eigenvalue weighted by Gasteiger charge is 2.20. The first-order valence-corrected chi connectivity index (χ1v) is 8.20. The van der Waals surface area contributed by atoms with E-state index in [-0.39, 0.29) is 0 Å². The maximum absolute atomic E-state index is 5.60. The number of nitrogens with one attached hydrogen (secondary N) is 1. The number of hydrogen-bond acceptors (Lipinski definition) is 3. The summed E-state index contributed by atoms with van der Waals surface area (Å²) in [6, 6.07) is 7.35. The lowest BCUT2D eigenvalue weighted by Crippen LogP contribution is -2.24. The molecule has 3 nitrogen and oxygen atoms in total. The van der Waals surface area contributed by atoms with Crippen molar-refractivity contribution in [3.8, 4) is 0 Å². The second kappa shape index (κ2) is 7.43. The molecule has 20 heavy (non-hydrogen) atoms. The molecule has 4 heteroatoms. The first-order chi connectivity index (χ1) is 9.56. The fourth-order valence-corrected chi connectivity index (χ4v) is 2.79. The van der Waals surface area contributed by atoms with Gasteiger partial charge in [-0.25, -0.2) is 0 Å². The van der Waals surface area contributed by atoms with Crippen LogP contribution >= 0.6 is 15.9 Å². The van der Waals surface area contributed by atoms with Crippen molar-refractivity contribution in [2.75, 3.05) is 25.1 Å². The van der Waals surface area contributed by atoms with E-state index in [1.807, 2.05) is 0 Å². The van der Waals surface area contributed by atoms with Crippen LogP contribution in [-0.2, 0) is 11.3 Å².